The van der Waals surface area contributed by atoms with Crippen LogP contribution in [0.1, 0.15) is 40.6 Å². The van der Waals surface area contributed by atoms with Crippen LogP contribution in [0.15, 0.2) is 71.3 Å². The number of aryl methyl sites for hydroxylation is 1. The van der Waals surface area contributed by atoms with Gasteiger partial charge < -0.3 is 14.1 Å². The van der Waals surface area contributed by atoms with E-state index in [0.29, 0.717) is 25.3 Å². The fraction of sp³-hybridized carbons (Fsp3) is 0.261. The molecule has 3 rings (SSSR count). The Morgan fingerprint density at radius 1 is 1.04 bits per heavy atom. The molecular formula is C23H25NO3. The smallest absolute Gasteiger partial charge is 0.254 e. The van der Waals surface area contributed by atoms with E-state index in [-0.39, 0.29) is 5.91 Å². The van der Waals surface area contributed by atoms with Crippen molar-refractivity contribution in [3.8, 4) is 5.75 Å². The molecule has 2 aromatic carbocycles. The zero-order valence-corrected chi connectivity index (χ0v) is 15.9. The molecular weight excluding hydrogens is 338 g/mol. The number of carbonyl (C=O) groups excluding carboxylic acids is 1. The van der Waals surface area contributed by atoms with Gasteiger partial charge in [0.05, 0.1) is 19.4 Å². The monoisotopic (exact) mass is 363 g/mol. The first-order valence-corrected chi connectivity index (χ1v) is 9.26. The maximum Gasteiger partial charge on any atom is 0.254 e. The van der Waals surface area contributed by atoms with Crippen LogP contribution < -0.4 is 4.74 Å². The molecule has 1 heterocycles. The Labute approximate surface area is 160 Å². The van der Waals surface area contributed by atoms with Gasteiger partial charge in [0.2, 0.25) is 0 Å². The van der Waals surface area contributed by atoms with E-state index in [9.17, 15) is 4.79 Å². The number of rotatable bonds is 8. The average molecular weight is 363 g/mol. The number of nitrogens with zero attached hydrogens (tertiary/aromatic N) is 1. The number of hydrogen-bond donors (Lipinski definition) is 0. The minimum Gasteiger partial charge on any atom is -0.494 e. The summed E-state index contributed by atoms with van der Waals surface area (Å²) < 4.78 is 11.1. The third-order valence-electron chi connectivity index (χ3n) is 4.26. The number of carbonyl (C=O) groups is 1. The van der Waals surface area contributed by atoms with E-state index >= 15 is 0 Å². The van der Waals surface area contributed by atoms with Crippen LogP contribution in [0.3, 0.4) is 0 Å². The van der Waals surface area contributed by atoms with Crippen LogP contribution in [0.5, 0.6) is 5.75 Å². The summed E-state index contributed by atoms with van der Waals surface area (Å²) in [4.78, 5) is 15.0. The number of benzene rings is 2. The molecule has 0 spiro atoms. The topological polar surface area (TPSA) is 42.7 Å². The van der Waals surface area contributed by atoms with Crippen LogP contribution in [0, 0.1) is 6.92 Å². The first kappa shape index (κ1) is 18.8. The van der Waals surface area contributed by atoms with Crippen LogP contribution in [0.4, 0.5) is 0 Å². The summed E-state index contributed by atoms with van der Waals surface area (Å²) in [5, 5.41) is 0. The van der Waals surface area contributed by atoms with Crippen molar-refractivity contribution in [2.24, 2.45) is 0 Å². The van der Waals surface area contributed by atoms with Crippen molar-refractivity contribution in [1.29, 1.82) is 0 Å². The highest BCUT2D eigenvalue weighted by atomic mass is 16.5. The number of hydrogen-bond acceptors (Lipinski definition) is 3. The van der Waals surface area contributed by atoms with Crippen molar-refractivity contribution in [2.75, 3.05) is 6.61 Å². The molecule has 0 saturated heterocycles. The molecule has 0 saturated carbocycles. The van der Waals surface area contributed by atoms with Crippen LogP contribution in [0.25, 0.3) is 0 Å². The zero-order valence-electron chi connectivity index (χ0n) is 15.9. The lowest BCUT2D eigenvalue weighted by Crippen LogP contribution is -2.30. The molecule has 0 bridgehead atoms. The van der Waals surface area contributed by atoms with E-state index in [0.717, 1.165) is 23.5 Å². The van der Waals surface area contributed by atoms with Crippen LogP contribution in [0.2, 0.25) is 0 Å². The van der Waals surface area contributed by atoms with Gasteiger partial charge in [-0.3, -0.25) is 4.79 Å². The minimum absolute atomic E-state index is 0.0473. The van der Waals surface area contributed by atoms with Gasteiger partial charge >= 0.3 is 0 Å². The summed E-state index contributed by atoms with van der Waals surface area (Å²) in [6.45, 7) is 5.68. The molecule has 0 aliphatic carbocycles. The molecule has 4 heteroatoms. The molecule has 0 fully saturated rings. The lowest BCUT2D eigenvalue weighted by molar-refractivity contribution is 0.0717. The van der Waals surface area contributed by atoms with Crippen molar-refractivity contribution in [3.05, 3.63) is 89.4 Å². The lowest BCUT2D eigenvalue weighted by atomic mass is 10.1. The molecule has 0 unspecified atom stereocenters. The Hall–Kier alpha value is -3.01. The SMILES string of the molecule is CCCOc1cccc(C(=O)N(Cc2ccc(C)cc2)Cc2ccco2)c1. The Morgan fingerprint density at radius 3 is 2.56 bits per heavy atom. The van der Waals surface area contributed by atoms with E-state index in [1.807, 2.05) is 36.4 Å². The first-order valence-electron chi connectivity index (χ1n) is 9.26. The van der Waals surface area contributed by atoms with E-state index in [2.05, 4.69) is 38.1 Å². The van der Waals surface area contributed by atoms with E-state index < -0.39 is 0 Å². The highest BCUT2D eigenvalue weighted by Crippen LogP contribution is 2.19. The second-order valence-corrected chi connectivity index (χ2v) is 6.60. The van der Waals surface area contributed by atoms with E-state index in [4.69, 9.17) is 9.15 Å². The van der Waals surface area contributed by atoms with Gasteiger partial charge in [-0.05, 0) is 49.2 Å². The highest BCUT2D eigenvalue weighted by Gasteiger charge is 2.18. The van der Waals surface area contributed by atoms with Crippen molar-refractivity contribution in [2.45, 2.75) is 33.4 Å². The summed E-state index contributed by atoms with van der Waals surface area (Å²) in [7, 11) is 0. The third-order valence-corrected chi connectivity index (χ3v) is 4.26. The second kappa shape index (κ2) is 9.08. The largest absolute Gasteiger partial charge is 0.494 e. The van der Waals surface area contributed by atoms with E-state index in [1.54, 1.807) is 11.2 Å². The number of ether oxygens (including phenoxy) is 1. The summed E-state index contributed by atoms with van der Waals surface area (Å²) in [5.74, 6) is 1.43. The zero-order chi connectivity index (χ0) is 19.1. The van der Waals surface area contributed by atoms with Crippen molar-refractivity contribution in [3.63, 3.8) is 0 Å². The van der Waals surface area contributed by atoms with Crippen molar-refractivity contribution in [1.82, 2.24) is 4.90 Å². The molecule has 0 aliphatic rings. The van der Waals surface area contributed by atoms with Gasteiger partial charge in [-0.2, -0.15) is 0 Å². The second-order valence-electron chi connectivity index (χ2n) is 6.60. The maximum atomic E-state index is 13.2. The van der Waals surface area contributed by atoms with Gasteiger partial charge in [0, 0.05) is 12.1 Å². The Kier molecular flexibility index (Phi) is 6.31. The summed E-state index contributed by atoms with van der Waals surface area (Å²) in [6.07, 6.45) is 2.55. The lowest BCUT2D eigenvalue weighted by Gasteiger charge is -2.22. The van der Waals surface area contributed by atoms with Crippen LogP contribution >= 0.6 is 0 Å². The number of amides is 1. The highest BCUT2D eigenvalue weighted by molar-refractivity contribution is 5.94. The van der Waals surface area contributed by atoms with E-state index in [1.165, 1.54) is 5.56 Å². The predicted molar refractivity (Wildman–Crippen MR) is 106 cm³/mol. The molecule has 1 amide bonds. The Bertz CT molecular complexity index is 854. The van der Waals surface area contributed by atoms with Gasteiger partial charge in [0.1, 0.15) is 11.5 Å². The molecule has 1 aromatic heterocycles. The van der Waals surface area contributed by atoms with Crippen molar-refractivity contribution >= 4 is 5.91 Å². The van der Waals surface area contributed by atoms with Crippen molar-refractivity contribution < 1.29 is 13.9 Å². The Morgan fingerprint density at radius 2 is 1.85 bits per heavy atom. The van der Waals surface area contributed by atoms with Crippen LogP contribution in [-0.4, -0.2) is 17.4 Å². The first-order chi connectivity index (χ1) is 13.2. The van der Waals surface area contributed by atoms with Gasteiger partial charge in [-0.1, -0.05) is 42.8 Å². The Balaban J connectivity index is 1.82. The standard InChI is InChI=1S/C23H25NO3/c1-3-13-26-21-7-4-6-20(15-21)23(25)24(17-22-8-5-14-27-22)16-19-11-9-18(2)10-12-19/h4-12,14-15H,3,13,16-17H2,1-2H3. The van der Waals surface area contributed by atoms with Gasteiger partial charge in [-0.25, -0.2) is 0 Å². The summed E-state index contributed by atoms with van der Waals surface area (Å²) in [5.41, 5.74) is 2.89. The normalized spacial score (nSPS) is 10.6. The fourth-order valence-electron chi connectivity index (χ4n) is 2.83. The molecule has 0 radical (unpaired) electrons. The molecule has 3 aromatic rings. The third kappa shape index (κ3) is 5.23. The van der Waals surface area contributed by atoms with Gasteiger partial charge in [0.15, 0.2) is 0 Å². The number of furan rings is 1. The minimum atomic E-state index is -0.0473. The van der Waals surface area contributed by atoms with Gasteiger partial charge in [-0.15, -0.1) is 0 Å². The summed E-state index contributed by atoms with van der Waals surface area (Å²) >= 11 is 0. The van der Waals surface area contributed by atoms with Crippen LogP contribution in [-0.2, 0) is 13.1 Å². The average Bonchev–Trinajstić information content (AvgIpc) is 3.20. The predicted octanol–water partition coefficient (Wildman–Crippen LogP) is 5.22. The quantitative estimate of drug-likeness (QED) is 0.551. The molecule has 0 atom stereocenters. The molecule has 0 N–H and O–H groups in total. The van der Waals surface area contributed by atoms with Gasteiger partial charge in [0.25, 0.3) is 5.91 Å². The molecule has 4 nitrogen and oxygen atoms in total. The maximum absolute atomic E-state index is 13.2. The molecule has 0 aliphatic heterocycles. The molecule has 140 valence electrons. The summed E-state index contributed by atoms with van der Waals surface area (Å²) in [6, 6.07) is 19.3. The fourth-order valence-corrected chi connectivity index (χ4v) is 2.83. The molecule has 27 heavy (non-hydrogen) atoms.